The number of hydrogen-bond donors (Lipinski definition) is 1. The molecule has 0 amide bonds. The first-order valence-corrected chi connectivity index (χ1v) is 7.95. The summed E-state index contributed by atoms with van der Waals surface area (Å²) in [4.78, 5) is 4.46. The molecule has 0 radical (unpaired) electrons. The predicted octanol–water partition coefficient (Wildman–Crippen LogP) is 3.41. The van der Waals surface area contributed by atoms with Crippen molar-refractivity contribution in [1.82, 2.24) is 15.2 Å². The van der Waals surface area contributed by atoms with Crippen molar-refractivity contribution >= 4 is 17.2 Å². The molecule has 110 valence electrons. The Balaban J connectivity index is 2.34. The molecule has 21 heavy (non-hydrogen) atoms. The fourth-order valence-corrected chi connectivity index (χ4v) is 3.04. The fraction of sp³-hybridized carbons (Fsp3) is 0.467. The van der Waals surface area contributed by atoms with Gasteiger partial charge in [-0.05, 0) is 32.3 Å². The highest BCUT2D eigenvalue weighted by atomic mass is 32.1. The molecule has 0 spiro atoms. The lowest BCUT2D eigenvalue weighted by Gasteiger charge is -2.15. The molecule has 2 heterocycles. The molecule has 2 rings (SSSR count). The second-order valence-corrected chi connectivity index (χ2v) is 5.75. The molecule has 0 bridgehead atoms. The van der Waals surface area contributed by atoms with Crippen molar-refractivity contribution < 1.29 is 0 Å². The first kappa shape index (κ1) is 15.4. The zero-order chi connectivity index (χ0) is 15.4. The molecule has 1 N–H and O–H groups in total. The van der Waals surface area contributed by atoms with E-state index in [0.717, 1.165) is 34.8 Å². The van der Waals surface area contributed by atoms with Crippen LogP contribution in [0.15, 0.2) is 5.38 Å². The molecule has 2 aromatic rings. The van der Waals surface area contributed by atoms with Crippen LogP contribution in [0, 0.1) is 18.3 Å². The number of hydrogen-bond acceptors (Lipinski definition) is 6. The number of nitrogens with one attached hydrogen (secondary N) is 1. The molecule has 0 aliphatic carbocycles. The van der Waals surface area contributed by atoms with Gasteiger partial charge in [-0.3, -0.25) is 0 Å². The van der Waals surface area contributed by atoms with Crippen molar-refractivity contribution in [3.05, 3.63) is 32.9 Å². The van der Waals surface area contributed by atoms with Gasteiger partial charge in [-0.25, -0.2) is 4.98 Å². The molecule has 6 heteroatoms. The minimum absolute atomic E-state index is 0.00211. The Labute approximate surface area is 129 Å². The molecule has 2 aromatic heterocycles. The first-order valence-electron chi connectivity index (χ1n) is 7.07. The Hall–Kier alpha value is -2.00. The number of aromatic nitrogens is 3. The normalized spacial score (nSPS) is 12.0. The number of nitrogens with zero attached hydrogens (tertiary/aromatic N) is 4. The Morgan fingerprint density at radius 1 is 1.33 bits per heavy atom. The van der Waals surface area contributed by atoms with Gasteiger partial charge in [-0.15, -0.1) is 16.4 Å². The van der Waals surface area contributed by atoms with Crippen LogP contribution in [0.1, 0.15) is 54.3 Å². The standard InChI is InChI=1S/C15H19N5S/c1-5-11-12(7-16)14(20-19-13(11)6-2)18-10(4)15-17-9(3)8-21-15/h8,10H,5-6H2,1-4H3,(H,18,20). The van der Waals surface area contributed by atoms with Crippen molar-refractivity contribution in [3.63, 3.8) is 0 Å². The second-order valence-electron chi connectivity index (χ2n) is 4.86. The Bertz CT molecular complexity index is 671. The number of nitriles is 1. The number of rotatable bonds is 5. The molecule has 0 aliphatic rings. The zero-order valence-electron chi connectivity index (χ0n) is 12.8. The summed E-state index contributed by atoms with van der Waals surface area (Å²) in [6, 6.07) is 2.27. The molecule has 0 aliphatic heterocycles. The largest absolute Gasteiger partial charge is 0.359 e. The highest BCUT2D eigenvalue weighted by Crippen LogP contribution is 2.25. The average molecular weight is 301 g/mol. The lowest BCUT2D eigenvalue weighted by molar-refractivity contribution is 0.820. The average Bonchev–Trinajstić information content (AvgIpc) is 2.93. The third-order valence-electron chi connectivity index (χ3n) is 3.32. The fourth-order valence-electron chi connectivity index (χ4n) is 2.23. The van der Waals surface area contributed by atoms with Crippen molar-refractivity contribution in [3.8, 4) is 6.07 Å². The molecular weight excluding hydrogens is 282 g/mol. The molecule has 0 fully saturated rings. The van der Waals surface area contributed by atoms with Crippen molar-refractivity contribution in [2.24, 2.45) is 0 Å². The van der Waals surface area contributed by atoms with Crippen LogP contribution in [0.3, 0.4) is 0 Å². The second kappa shape index (κ2) is 6.64. The van der Waals surface area contributed by atoms with E-state index in [0.29, 0.717) is 11.4 Å². The van der Waals surface area contributed by atoms with E-state index in [9.17, 15) is 5.26 Å². The minimum atomic E-state index is 0.00211. The summed E-state index contributed by atoms with van der Waals surface area (Å²) in [5.74, 6) is 0.548. The predicted molar refractivity (Wildman–Crippen MR) is 84.4 cm³/mol. The van der Waals surface area contributed by atoms with E-state index < -0.39 is 0 Å². The quantitative estimate of drug-likeness (QED) is 0.916. The SMILES string of the molecule is CCc1nnc(NC(C)c2nc(C)cs2)c(C#N)c1CC. The van der Waals surface area contributed by atoms with Crippen molar-refractivity contribution in [2.45, 2.75) is 46.6 Å². The minimum Gasteiger partial charge on any atom is -0.359 e. The molecule has 1 unspecified atom stereocenters. The number of aryl methyl sites for hydroxylation is 2. The van der Waals surface area contributed by atoms with E-state index in [1.165, 1.54) is 0 Å². The van der Waals surface area contributed by atoms with Gasteiger partial charge in [0.2, 0.25) is 0 Å². The third-order valence-corrected chi connectivity index (χ3v) is 4.46. The maximum atomic E-state index is 9.47. The van der Waals surface area contributed by atoms with Gasteiger partial charge >= 0.3 is 0 Å². The van der Waals surface area contributed by atoms with Crippen LogP contribution in [0.5, 0.6) is 0 Å². The van der Waals surface area contributed by atoms with Crippen LogP contribution < -0.4 is 5.32 Å². The van der Waals surface area contributed by atoms with E-state index in [1.807, 2.05) is 33.1 Å². The smallest absolute Gasteiger partial charge is 0.167 e. The maximum Gasteiger partial charge on any atom is 0.167 e. The highest BCUT2D eigenvalue weighted by molar-refractivity contribution is 7.09. The lowest BCUT2D eigenvalue weighted by Crippen LogP contribution is -2.13. The summed E-state index contributed by atoms with van der Waals surface area (Å²) >= 11 is 1.60. The summed E-state index contributed by atoms with van der Waals surface area (Å²) in [6.07, 6.45) is 1.56. The van der Waals surface area contributed by atoms with Gasteiger partial charge in [0.1, 0.15) is 16.6 Å². The topological polar surface area (TPSA) is 74.5 Å². The van der Waals surface area contributed by atoms with E-state index in [2.05, 4.69) is 26.6 Å². The molecule has 1 atom stereocenters. The van der Waals surface area contributed by atoms with Gasteiger partial charge in [0.15, 0.2) is 5.82 Å². The molecule has 0 saturated heterocycles. The van der Waals surface area contributed by atoms with Gasteiger partial charge in [-0.2, -0.15) is 10.4 Å². The van der Waals surface area contributed by atoms with Gasteiger partial charge < -0.3 is 5.32 Å². The van der Waals surface area contributed by atoms with Crippen LogP contribution in [-0.2, 0) is 12.8 Å². The van der Waals surface area contributed by atoms with Gasteiger partial charge in [-0.1, -0.05) is 13.8 Å². The van der Waals surface area contributed by atoms with Crippen LogP contribution in [0.4, 0.5) is 5.82 Å². The van der Waals surface area contributed by atoms with Gasteiger partial charge in [0, 0.05) is 11.1 Å². The van der Waals surface area contributed by atoms with Crippen molar-refractivity contribution in [1.29, 1.82) is 5.26 Å². The van der Waals surface area contributed by atoms with E-state index >= 15 is 0 Å². The summed E-state index contributed by atoms with van der Waals surface area (Å²) in [6.45, 7) is 8.05. The highest BCUT2D eigenvalue weighted by Gasteiger charge is 2.17. The van der Waals surface area contributed by atoms with Crippen molar-refractivity contribution in [2.75, 3.05) is 5.32 Å². The summed E-state index contributed by atoms with van der Waals surface area (Å²) < 4.78 is 0. The van der Waals surface area contributed by atoms with E-state index in [4.69, 9.17) is 0 Å². The zero-order valence-corrected chi connectivity index (χ0v) is 13.6. The Morgan fingerprint density at radius 2 is 2.10 bits per heavy atom. The number of thiazole rings is 1. The molecule has 0 saturated carbocycles. The molecule has 0 aromatic carbocycles. The maximum absolute atomic E-state index is 9.47. The van der Waals surface area contributed by atoms with Crippen LogP contribution in [-0.4, -0.2) is 15.2 Å². The summed E-state index contributed by atoms with van der Waals surface area (Å²) in [7, 11) is 0. The lowest BCUT2D eigenvalue weighted by atomic mass is 10.0. The van der Waals surface area contributed by atoms with E-state index in [1.54, 1.807) is 11.3 Å². The molecular formula is C15H19N5S. The molecule has 5 nitrogen and oxygen atoms in total. The van der Waals surface area contributed by atoms with Gasteiger partial charge in [0.05, 0.1) is 11.7 Å². The van der Waals surface area contributed by atoms with E-state index in [-0.39, 0.29) is 6.04 Å². The third kappa shape index (κ3) is 3.19. The monoisotopic (exact) mass is 301 g/mol. The van der Waals surface area contributed by atoms with Crippen LogP contribution in [0.25, 0.3) is 0 Å². The summed E-state index contributed by atoms with van der Waals surface area (Å²) in [5.41, 5.74) is 3.49. The Kier molecular flexibility index (Phi) is 4.86. The summed E-state index contributed by atoms with van der Waals surface area (Å²) in [5, 5.41) is 24.2. The van der Waals surface area contributed by atoms with Crippen LogP contribution in [0.2, 0.25) is 0 Å². The first-order chi connectivity index (χ1) is 10.1. The van der Waals surface area contributed by atoms with Crippen LogP contribution >= 0.6 is 11.3 Å². The Morgan fingerprint density at radius 3 is 2.62 bits per heavy atom. The van der Waals surface area contributed by atoms with Gasteiger partial charge in [0.25, 0.3) is 0 Å². The number of anilines is 1.